The molecule has 1 heterocycles. The number of nitrogens with two attached hydrogens (primary N) is 1. The van der Waals surface area contributed by atoms with Crippen LogP contribution in [0.1, 0.15) is 5.56 Å². The zero-order valence-electron chi connectivity index (χ0n) is 10.0. The van der Waals surface area contributed by atoms with Crippen LogP contribution in [0.2, 0.25) is 0 Å². The molecule has 1 amide bonds. The number of benzene rings is 1. The van der Waals surface area contributed by atoms with Gasteiger partial charge in [0.05, 0.1) is 12.8 Å². The van der Waals surface area contributed by atoms with Crippen molar-refractivity contribution in [3.63, 3.8) is 0 Å². The first-order valence-electron chi connectivity index (χ1n) is 5.48. The van der Waals surface area contributed by atoms with E-state index >= 15 is 0 Å². The maximum atomic E-state index is 11.8. The van der Waals surface area contributed by atoms with Crippen LogP contribution in [0.25, 0.3) is 0 Å². The summed E-state index contributed by atoms with van der Waals surface area (Å²) in [6.07, 6.45) is 0. The summed E-state index contributed by atoms with van der Waals surface area (Å²) in [5.74, 6) is -0.188. The number of amides is 1. The highest BCUT2D eigenvalue weighted by Crippen LogP contribution is 2.32. The summed E-state index contributed by atoms with van der Waals surface area (Å²) in [5.41, 5.74) is 6.97. The lowest BCUT2D eigenvalue weighted by atomic mass is 10.1. The van der Waals surface area contributed by atoms with E-state index < -0.39 is 5.97 Å². The largest absolute Gasteiger partial charge is 0.482 e. The molecule has 0 atom stereocenters. The minimum absolute atomic E-state index is 0.0774. The summed E-state index contributed by atoms with van der Waals surface area (Å²) in [7, 11) is 1.28. The molecule has 1 aliphatic heterocycles. The number of hydrogen-bond donors (Lipinski definition) is 1. The third-order valence-electron chi connectivity index (χ3n) is 2.72. The monoisotopic (exact) mass is 250 g/mol. The van der Waals surface area contributed by atoms with Crippen molar-refractivity contribution in [1.29, 1.82) is 0 Å². The van der Waals surface area contributed by atoms with E-state index in [0.29, 0.717) is 18.0 Å². The highest BCUT2D eigenvalue weighted by atomic mass is 16.5. The van der Waals surface area contributed by atoms with Crippen LogP contribution in [0, 0.1) is 0 Å². The summed E-state index contributed by atoms with van der Waals surface area (Å²) in [6, 6.07) is 5.31. The predicted molar refractivity (Wildman–Crippen MR) is 64.2 cm³/mol. The van der Waals surface area contributed by atoms with Crippen molar-refractivity contribution < 1.29 is 19.1 Å². The molecule has 0 spiro atoms. The fourth-order valence-corrected chi connectivity index (χ4v) is 1.74. The van der Waals surface area contributed by atoms with Gasteiger partial charge in [-0.05, 0) is 17.7 Å². The molecule has 0 unspecified atom stereocenters. The molecule has 0 saturated heterocycles. The third-order valence-corrected chi connectivity index (χ3v) is 2.72. The number of fused-ring (bicyclic) bond motifs is 1. The summed E-state index contributed by atoms with van der Waals surface area (Å²) in [4.78, 5) is 24.4. The molecule has 1 aliphatic rings. The summed E-state index contributed by atoms with van der Waals surface area (Å²) >= 11 is 0. The van der Waals surface area contributed by atoms with Gasteiger partial charge in [0.15, 0.2) is 6.61 Å². The standard InChI is InChI=1S/C12H14N2O4/c1-17-12(16)6-14-9-4-8(5-13)2-3-10(9)18-7-11(14)15/h2-4H,5-7,13H2,1H3. The fraction of sp³-hybridized carbons (Fsp3) is 0.333. The zero-order valence-corrected chi connectivity index (χ0v) is 10.0. The summed E-state index contributed by atoms with van der Waals surface area (Å²) in [5, 5.41) is 0. The second-order valence-electron chi connectivity index (χ2n) is 3.85. The summed E-state index contributed by atoms with van der Waals surface area (Å²) < 4.78 is 9.87. The molecule has 6 nitrogen and oxygen atoms in total. The van der Waals surface area contributed by atoms with Gasteiger partial charge in [0.25, 0.3) is 5.91 Å². The first kappa shape index (κ1) is 12.4. The minimum atomic E-state index is -0.477. The first-order chi connectivity index (χ1) is 8.65. The van der Waals surface area contributed by atoms with Gasteiger partial charge in [-0.1, -0.05) is 6.07 Å². The maximum Gasteiger partial charge on any atom is 0.325 e. The van der Waals surface area contributed by atoms with Crippen molar-refractivity contribution in [1.82, 2.24) is 0 Å². The Bertz CT molecular complexity index is 487. The van der Waals surface area contributed by atoms with Crippen molar-refractivity contribution in [3.8, 4) is 5.75 Å². The SMILES string of the molecule is COC(=O)CN1C(=O)COc2ccc(CN)cc21. The van der Waals surface area contributed by atoms with Crippen LogP contribution in [-0.4, -0.2) is 32.1 Å². The second-order valence-corrected chi connectivity index (χ2v) is 3.85. The van der Waals surface area contributed by atoms with Gasteiger partial charge in [0, 0.05) is 6.54 Å². The van der Waals surface area contributed by atoms with Gasteiger partial charge in [-0.15, -0.1) is 0 Å². The molecular weight excluding hydrogens is 236 g/mol. The Labute approximate surface area is 104 Å². The molecule has 18 heavy (non-hydrogen) atoms. The minimum Gasteiger partial charge on any atom is -0.482 e. The number of anilines is 1. The first-order valence-corrected chi connectivity index (χ1v) is 5.48. The predicted octanol–water partition coefficient (Wildman–Crippen LogP) is 0.0437. The molecule has 1 aromatic carbocycles. The molecule has 0 radical (unpaired) electrons. The van der Waals surface area contributed by atoms with E-state index in [-0.39, 0.29) is 19.1 Å². The van der Waals surface area contributed by atoms with Gasteiger partial charge in [-0.2, -0.15) is 0 Å². The highest BCUT2D eigenvalue weighted by molar-refractivity contribution is 6.01. The Morgan fingerprint density at radius 2 is 2.33 bits per heavy atom. The highest BCUT2D eigenvalue weighted by Gasteiger charge is 2.27. The number of nitrogens with zero attached hydrogens (tertiary/aromatic N) is 1. The van der Waals surface area contributed by atoms with E-state index in [1.165, 1.54) is 12.0 Å². The quantitative estimate of drug-likeness (QED) is 0.766. The molecule has 0 bridgehead atoms. The molecule has 0 aromatic heterocycles. The Hall–Kier alpha value is -2.08. The van der Waals surface area contributed by atoms with Gasteiger partial charge >= 0.3 is 5.97 Å². The van der Waals surface area contributed by atoms with Crippen LogP contribution in [0.5, 0.6) is 5.75 Å². The van der Waals surface area contributed by atoms with Gasteiger partial charge in [-0.25, -0.2) is 0 Å². The average molecular weight is 250 g/mol. The van der Waals surface area contributed by atoms with Crippen LogP contribution in [-0.2, 0) is 20.9 Å². The van der Waals surface area contributed by atoms with Gasteiger partial charge in [0.2, 0.25) is 0 Å². The number of carbonyl (C=O) groups excluding carboxylic acids is 2. The summed E-state index contributed by atoms with van der Waals surface area (Å²) in [6.45, 7) is 0.152. The van der Waals surface area contributed by atoms with E-state index in [0.717, 1.165) is 5.56 Å². The second kappa shape index (κ2) is 5.05. The van der Waals surface area contributed by atoms with Crippen molar-refractivity contribution in [2.45, 2.75) is 6.54 Å². The van der Waals surface area contributed by atoms with Crippen molar-refractivity contribution in [2.75, 3.05) is 25.2 Å². The van der Waals surface area contributed by atoms with E-state index in [4.69, 9.17) is 10.5 Å². The Morgan fingerprint density at radius 1 is 1.56 bits per heavy atom. The zero-order chi connectivity index (χ0) is 13.1. The number of esters is 1. The molecule has 2 rings (SSSR count). The van der Waals surface area contributed by atoms with E-state index in [1.54, 1.807) is 12.1 Å². The van der Waals surface area contributed by atoms with Crippen molar-refractivity contribution in [2.24, 2.45) is 5.73 Å². The van der Waals surface area contributed by atoms with E-state index in [1.807, 2.05) is 6.07 Å². The number of carbonyl (C=O) groups is 2. The smallest absolute Gasteiger partial charge is 0.325 e. The van der Waals surface area contributed by atoms with Crippen LogP contribution in [0.4, 0.5) is 5.69 Å². The maximum absolute atomic E-state index is 11.8. The molecule has 2 N–H and O–H groups in total. The Balaban J connectivity index is 2.35. The van der Waals surface area contributed by atoms with E-state index in [2.05, 4.69) is 4.74 Å². The Kier molecular flexibility index (Phi) is 3.47. The average Bonchev–Trinajstić information content (AvgIpc) is 2.41. The molecule has 0 aliphatic carbocycles. The molecule has 1 aromatic rings. The number of ether oxygens (including phenoxy) is 2. The lowest BCUT2D eigenvalue weighted by molar-refractivity contribution is -0.140. The van der Waals surface area contributed by atoms with Gasteiger partial charge < -0.3 is 15.2 Å². The normalized spacial score (nSPS) is 13.9. The molecular formula is C12H14N2O4. The van der Waals surface area contributed by atoms with Crippen LogP contribution in [0.15, 0.2) is 18.2 Å². The Morgan fingerprint density at radius 3 is 3.00 bits per heavy atom. The number of hydrogen-bond acceptors (Lipinski definition) is 5. The molecule has 0 fully saturated rings. The van der Waals surface area contributed by atoms with E-state index in [9.17, 15) is 9.59 Å². The van der Waals surface area contributed by atoms with Crippen LogP contribution >= 0.6 is 0 Å². The number of methoxy groups -OCH3 is 1. The van der Waals surface area contributed by atoms with Gasteiger partial charge in [-0.3, -0.25) is 14.5 Å². The van der Waals surface area contributed by atoms with Crippen molar-refractivity contribution >= 4 is 17.6 Å². The van der Waals surface area contributed by atoms with Crippen molar-refractivity contribution in [3.05, 3.63) is 23.8 Å². The van der Waals surface area contributed by atoms with Crippen LogP contribution in [0.3, 0.4) is 0 Å². The third kappa shape index (κ3) is 2.28. The van der Waals surface area contributed by atoms with Gasteiger partial charge in [0.1, 0.15) is 12.3 Å². The van der Waals surface area contributed by atoms with Crippen LogP contribution < -0.4 is 15.4 Å². The fourth-order valence-electron chi connectivity index (χ4n) is 1.74. The molecule has 6 heteroatoms. The molecule has 0 saturated carbocycles. The lowest BCUT2D eigenvalue weighted by Gasteiger charge is -2.28. The lowest BCUT2D eigenvalue weighted by Crippen LogP contribution is -2.42. The molecule has 96 valence electrons. The topological polar surface area (TPSA) is 81.9 Å². The number of rotatable bonds is 3.